The molecule has 0 heterocycles. The predicted octanol–water partition coefficient (Wildman–Crippen LogP) is 4.88. The van der Waals surface area contributed by atoms with Gasteiger partial charge in [0, 0.05) is 14.8 Å². The summed E-state index contributed by atoms with van der Waals surface area (Å²) in [5, 5.41) is 5.90. The molecule has 2 N–H and O–H groups in total. The Labute approximate surface area is 188 Å². The van der Waals surface area contributed by atoms with Gasteiger partial charge in [-0.2, -0.15) is 0 Å². The van der Waals surface area contributed by atoms with Crippen LogP contribution in [-0.2, 0) is 0 Å². The Morgan fingerprint density at radius 3 is 2.24 bits per heavy atom. The number of hydrogen-bond donors (Lipinski definition) is 2. The maximum atomic E-state index is 12.4. The Morgan fingerprint density at radius 1 is 0.862 bits per heavy atom. The molecule has 148 valence electrons. The monoisotopic (exact) mass is 518 g/mol. The zero-order valence-corrected chi connectivity index (χ0v) is 18.4. The summed E-state index contributed by atoms with van der Waals surface area (Å²) in [7, 11) is 0. The van der Waals surface area contributed by atoms with Crippen molar-refractivity contribution >= 4 is 51.5 Å². The number of benzene rings is 3. The van der Waals surface area contributed by atoms with Gasteiger partial charge in [0.25, 0.3) is 5.91 Å². The van der Waals surface area contributed by atoms with E-state index >= 15 is 0 Å². The maximum Gasteiger partial charge on any atom is 0.257 e. The second-order valence-corrected chi connectivity index (χ2v) is 7.61. The summed E-state index contributed by atoms with van der Waals surface area (Å²) in [6.07, 6.45) is 0. The molecule has 0 saturated carbocycles. The summed E-state index contributed by atoms with van der Waals surface area (Å²) in [5.41, 5.74) is 1.27. The standard InChI is InChI=1S/C22H19IN2O3S/c23-17-9-11-18(12-10-17)24-22(29)25-21(26)16-5-4-8-20(15-16)28-14-13-27-19-6-2-1-3-7-19/h1-12,15H,13-14H2,(H2,24,25,26,29). The third-order valence-corrected chi connectivity index (χ3v) is 4.71. The molecule has 1 amide bonds. The first kappa shape index (κ1) is 21.1. The number of carbonyl (C=O) groups excluding carboxylic acids is 1. The number of amides is 1. The van der Waals surface area contributed by atoms with Crippen LogP contribution in [0.25, 0.3) is 0 Å². The topological polar surface area (TPSA) is 59.6 Å². The molecular weight excluding hydrogens is 499 g/mol. The van der Waals surface area contributed by atoms with Gasteiger partial charge in [0.1, 0.15) is 24.7 Å². The van der Waals surface area contributed by atoms with E-state index < -0.39 is 0 Å². The van der Waals surface area contributed by atoms with Gasteiger partial charge in [-0.15, -0.1) is 0 Å². The van der Waals surface area contributed by atoms with Crippen LogP contribution in [0, 0.1) is 3.57 Å². The van der Waals surface area contributed by atoms with E-state index in [1.54, 1.807) is 24.3 Å². The third-order valence-electron chi connectivity index (χ3n) is 3.79. The minimum absolute atomic E-state index is 0.235. The third kappa shape index (κ3) is 7.03. The van der Waals surface area contributed by atoms with Crippen molar-refractivity contribution in [3.05, 3.63) is 88.0 Å². The number of hydrogen-bond acceptors (Lipinski definition) is 4. The van der Waals surface area contributed by atoms with Gasteiger partial charge in [-0.1, -0.05) is 24.3 Å². The molecule has 0 aliphatic carbocycles. The Bertz CT molecular complexity index is 965. The highest BCUT2D eigenvalue weighted by Crippen LogP contribution is 2.15. The molecule has 3 aromatic carbocycles. The number of nitrogens with one attached hydrogen (secondary N) is 2. The van der Waals surface area contributed by atoms with Crippen LogP contribution in [0.15, 0.2) is 78.9 Å². The van der Waals surface area contributed by atoms with Gasteiger partial charge in [0.05, 0.1) is 0 Å². The number of rotatable bonds is 7. The number of para-hydroxylation sites is 1. The van der Waals surface area contributed by atoms with E-state index in [0.29, 0.717) is 24.5 Å². The van der Waals surface area contributed by atoms with Crippen molar-refractivity contribution in [2.24, 2.45) is 0 Å². The van der Waals surface area contributed by atoms with Crippen LogP contribution in [-0.4, -0.2) is 24.2 Å². The van der Waals surface area contributed by atoms with E-state index in [1.165, 1.54) is 0 Å². The normalized spacial score (nSPS) is 10.1. The van der Waals surface area contributed by atoms with E-state index in [1.807, 2.05) is 54.6 Å². The lowest BCUT2D eigenvalue weighted by atomic mass is 10.2. The highest BCUT2D eigenvalue weighted by atomic mass is 127. The van der Waals surface area contributed by atoms with E-state index in [4.69, 9.17) is 21.7 Å². The summed E-state index contributed by atoms with van der Waals surface area (Å²) in [6, 6.07) is 24.2. The van der Waals surface area contributed by atoms with E-state index in [0.717, 1.165) is 15.0 Å². The number of anilines is 1. The van der Waals surface area contributed by atoms with Gasteiger partial charge in [-0.25, -0.2) is 0 Å². The molecule has 0 aromatic heterocycles. The van der Waals surface area contributed by atoms with Gasteiger partial charge < -0.3 is 14.8 Å². The van der Waals surface area contributed by atoms with Gasteiger partial charge in [-0.05, 0) is 89.4 Å². The van der Waals surface area contributed by atoms with E-state index in [-0.39, 0.29) is 11.0 Å². The van der Waals surface area contributed by atoms with Crippen LogP contribution in [0.2, 0.25) is 0 Å². The number of carbonyl (C=O) groups is 1. The van der Waals surface area contributed by atoms with Crippen molar-refractivity contribution in [1.29, 1.82) is 0 Å². The minimum Gasteiger partial charge on any atom is -0.490 e. The number of halogens is 1. The Morgan fingerprint density at radius 2 is 1.52 bits per heavy atom. The second kappa shape index (κ2) is 10.8. The molecule has 0 aliphatic rings. The van der Waals surface area contributed by atoms with Crippen molar-refractivity contribution < 1.29 is 14.3 Å². The molecule has 0 aliphatic heterocycles. The average Bonchev–Trinajstić information content (AvgIpc) is 2.74. The fourth-order valence-electron chi connectivity index (χ4n) is 2.43. The smallest absolute Gasteiger partial charge is 0.257 e. The lowest BCUT2D eigenvalue weighted by Crippen LogP contribution is -2.34. The summed E-state index contributed by atoms with van der Waals surface area (Å²) in [4.78, 5) is 12.4. The van der Waals surface area contributed by atoms with Gasteiger partial charge in [0.2, 0.25) is 0 Å². The van der Waals surface area contributed by atoms with Crippen LogP contribution in [0.4, 0.5) is 5.69 Å². The van der Waals surface area contributed by atoms with Gasteiger partial charge in [0.15, 0.2) is 5.11 Å². The van der Waals surface area contributed by atoms with Gasteiger partial charge in [-0.3, -0.25) is 10.1 Å². The molecule has 29 heavy (non-hydrogen) atoms. The Balaban J connectivity index is 1.48. The number of thiocarbonyl (C=S) groups is 1. The zero-order chi connectivity index (χ0) is 20.5. The van der Waals surface area contributed by atoms with E-state index in [2.05, 4.69) is 33.2 Å². The molecule has 0 radical (unpaired) electrons. The SMILES string of the molecule is O=C(NC(=S)Nc1ccc(I)cc1)c1cccc(OCCOc2ccccc2)c1. The minimum atomic E-state index is -0.306. The summed E-state index contributed by atoms with van der Waals surface area (Å²) < 4.78 is 12.4. The van der Waals surface area contributed by atoms with Crippen LogP contribution < -0.4 is 20.1 Å². The quantitative estimate of drug-likeness (QED) is 0.266. The average molecular weight is 518 g/mol. The first-order chi connectivity index (χ1) is 14.1. The molecule has 0 spiro atoms. The first-order valence-corrected chi connectivity index (χ1v) is 10.4. The Hall–Kier alpha value is -2.65. The molecule has 0 bridgehead atoms. The van der Waals surface area contributed by atoms with Crippen molar-refractivity contribution in [1.82, 2.24) is 5.32 Å². The first-order valence-electron chi connectivity index (χ1n) is 8.89. The molecule has 0 unspecified atom stereocenters. The molecule has 5 nitrogen and oxygen atoms in total. The number of ether oxygens (including phenoxy) is 2. The van der Waals surface area contributed by atoms with Crippen molar-refractivity contribution in [2.75, 3.05) is 18.5 Å². The molecule has 3 aromatic rings. The molecule has 7 heteroatoms. The van der Waals surface area contributed by atoms with Crippen LogP contribution >= 0.6 is 34.8 Å². The predicted molar refractivity (Wildman–Crippen MR) is 127 cm³/mol. The lowest BCUT2D eigenvalue weighted by molar-refractivity contribution is 0.0977. The van der Waals surface area contributed by atoms with Crippen molar-refractivity contribution in [3.8, 4) is 11.5 Å². The van der Waals surface area contributed by atoms with Crippen LogP contribution in [0.3, 0.4) is 0 Å². The fourth-order valence-corrected chi connectivity index (χ4v) is 3.00. The summed E-state index contributed by atoms with van der Waals surface area (Å²) in [5.74, 6) is 1.07. The largest absolute Gasteiger partial charge is 0.490 e. The van der Waals surface area contributed by atoms with Crippen LogP contribution in [0.1, 0.15) is 10.4 Å². The van der Waals surface area contributed by atoms with Crippen LogP contribution in [0.5, 0.6) is 11.5 Å². The van der Waals surface area contributed by atoms with Gasteiger partial charge >= 0.3 is 0 Å². The van der Waals surface area contributed by atoms with E-state index in [9.17, 15) is 4.79 Å². The highest BCUT2D eigenvalue weighted by Gasteiger charge is 2.09. The summed E-state index contributed by atoms with van der Waals surface area (Å²) >= 11 is 7.44. The van der Waals surface area contributed by atoms with Crippen molar-refractivity contribution in [3.63, 3.8) is 0 Å². The molecule has 0 atom stereocenters. The molecular formula is C22H19IN2O3S. The fraction of sp³-hybridized carbons (Fsp3) is 0.0909. The Kier molecular flexibility index (Phi) is 7.83. The molecule has 0 saturated heterocycles. The zero-order valence-electron chi connectivity index (χ0n) is 15.4. The molecule has 3 rings (SSSR count). The van der Waals surface area contributed by atoms with Crippen molar-refractivity contribution in [2.45, 2.75) is 0 Å². The second-order valence-electron chi connectivity index (χ2n) is 5.95. The maximum absolute atomic E-state index is 12.4. The summed E-state index contributed by atoms with van der Waals surface area (Å²) in [6.45, 7) is 0.775. The lowest BCUT2D eigenvalue weighted by Gasteiger charge is -2.11. The highest BCUT2D eigenvalue weighted by molar-refractivity contribution is 14.1. The molecule has 0 fully saturated rings.